The van der Waals surface area contributed by atoms with Crippen molar-refractivity contribution in [3.63, 3.8) is 0 Å². The molecule has 0 aliphatic heterocycles. The van der Waals surface area contributed by atoms with Crippen LogP contribution in [0.5, 0.6) is 5.75 Å². The van der Waals surface area contributed by atoms with E-state index in [0.29, 0.717) is 5.75 Å². The van der Waals surface area contributed by atoms with Gasteiger partial charge in [0.1, 0.15) is 11.3 Å². The fourth-order valence-corrected chi connectivity index (χ4v) is 2.00. The number of nitrogens with zero attached hydrogens (tertiary/aromatic N) is 2. The van der Waals surface area contributed by atoms with Crippen molar-refractivity contribution in [2.45, 2.75) is 19.4 Å². The summed E-state index contributed by atoms with van der Waals surface area (Å²) in [6.07, 6.45) is 3.51. The zero-order valence-corrected chi connectivity index (χ0v) is 11.1. The van der Waals surface area contributed by atoms with E-state index in [1.54, 1.807) is 24.4 Å². The summed E-state index contributed by atoms with van der Waals surface area (Å²) in [5.41, 5.74) is -0.575. The first kappa shape index (κ1) is 13.1. The minimum atomic E-state index is -1.01. The van der Waals surface area contributed by atoms with E-state index in [1.165, 1.54) is 6.07 Å². The summed E-state index contributed by atoms with van der Waals surface area (Å²) < 4.78 is 7.71. The van der Waals surface area contributed by atoms with E-state index in [-0.39, 0.29) is 5.56 Å². The standard InChI is InChI=1S/C14H16N2O3/c1-14(2,13-15-8-9-16(13)3)19-11-7-5-4-6-10(11)12(17)18/h4-9H,1-3H3,(H,17,18). The molecule has 1 aromatic carbocycles. The third kappa shape index (κ3) is 2.59. The van der Waals surface area contributed by atoms with Gasteiger partial charge in [0.15, 0.2) is 11.4 Å². The van der Waals surface area contributed by atoms with E-state index in [2.05, 4.69) is 4.98 Å². The number of ether oxygens (including phenoxy) is 1. The second kappa shape index (κ2) is 4.76. The molecular weight excluding hydrogens is 244 g/mol. The number of carbonyl (C=O) groups is 1. The number of carboxylic acid groups (broad SMARTS) is 1. The smallest absolute Gasteiger partial charge is 0.339 e. The van der Waals surface area contributed by atoms with E-state index in [0.717, 1.165) is 5.82 Å². The highest BCUT2D eigenvalue weighted by atomic mass is 16.5. The van der Waals surface area contributed by atoms with Crippen LogP contribution in [0.1, 0.15) is 30.0 Å². The van der Waals surface area contributed by atoms with Gasteiger partial charge in [-0.1, -0.05) is 12.1 Å². The molecule has 1 heterocycles. The van der Waals surface area contributed by atoms with Crippen molar-refractivity contribution in [3.8, 4) is 5.75 Å². The van der Waals surface area contributed by atoms with Gasteiger partial charge in [-0.2, -0.15) is 0 Å². The van der Waals surface area contributed by atoms with Crippen molar-refractivity contribution >= 4 is 5.97 Å². The lowest BCUT2D eigenvalue weighted by Gasteiger charge is -2.26. The predicted octanol–water partition coefficient (Wildman–Crippen LogP) is 2.43. The van der Waals surface area contributed by atoms with Crippen LogP contribution in [0.15, 0.2) is 36.7 Å². The van der Waals surface area contributed by atoms with Crippen LogP contribution in [-0.2, 0) is 12.6 Å². The zero-order valence-electron chi connectivity index (χ0n) is 11.1. The summed E-state index contributed by atoms with van der Waals surface area (Å²) in [4.78, 5) is 15.4. The predicted molar refractivity (Wildman–Crippen MR) is 70.3 cm³/mol. The van der Waals surface area contributed by atoms with Gasteiger partial charge in [0, 0.05) is 19.4 Å². The highest BCUT2D eigenvalue weighted by Crippen LogP contribution is 2.28. The Balaban J connectivity index is 2.36. The molecule has 1 aromatic heterocycles. The average molecular weight is 260 g/mol. The highest BCUT2D eigenvalue weighted by Gasteiger charge is 2.28. The minimum Gasteiger partial charge on any atom is -0.479 e. The molecule has 0 spiro atoms. The number of carboxylic acids is 1. The molecule has 0 unspecified atom stereocenters. The van der Waals surface area contributed by atoms with Crippen molar-refractivity contribution in [3.05, 3.63) is 48.0 Å². The molecule has 0 aliphatic carbocycles. The Morgan fingerprint density at radius 3 is 2.63 bits per heavy atom. The second-order valence-electron chi connectivity index (χ2n) is 4.78. The largest absolute Gasteiger partial charge is 0.479 e. The third-order valence-corrected chi connectivity index (χ3v) is 2.84. The van der Waals surface area contributed by atoms with Gasteiger partial charge in [-0.3, -0.25) is 0 Å². The average Bonchev–Trinajstić information content (AvgIpc) is 2.76. The number of hydrogen-bond donors (Lipinski definition) is 1. The molecule has 0 aliphatic rings. The Hall–Kier alpha value is -2.30. The summed E-state index contributed by atoms with van der Waals surface area (Å²) in [7, 11) is 1.87. The number of aromatic nitrogens is 2. The van der Waals surface area contributed by atoms with E-state index in [9.17, 15) is 4.79 Å². The Bertz CT molecular complexity index is 602. The lowest BCUT2D eigenvalue weighted by molar-refractivity contribution is 0.0663. The van der Waals surface area contributed by atoms with Crippen LogP contribution in [0.25, 0.3) is 0 Å². The minimum absolute atomic E-state index is 0.143. The van der Waals surface area contributed by atoms with Crippen LogP contribution < -0.4 is 4.74 Å². The first-order valence-corrected chi connectivity index (χ1v) is 5.91. The van der Waals surface area contributed by atoms with Gasteiger partial charge in [0.05, 0.1) is 0 Å². The lowest BCUT2D eigenvalue weighted by atomic mass is 10.1. The van der Waals surface area contributed by atoms with Crippen LogP contribution in [0, 0.1) is 0 Å². The molecule has 0 saturated carbocycles. The Morgan fingerprint density at radius 2 is 2.05 bits per heavy atom. The lowest BCUT2D eigenvalue weighted by Crippen LogP contribution is -2.29. The van der Waals surface area contributed by atoms with Gasteiger partial charge in [-0.15, -0.1) is 0 Å². The molecular formula is C14H16N2O3. The summed E-state index contributed by atoms with van der Waals surface area (Å²) in [6.45, 7) is 3.71. The third-order valence-electron chi connectivity index (χ3n) is 2.84. The summed E-state index contributed by atoms with van der Waals surface area (Å²) in [5.74, 6) is 0.0573. The molecule has 100 valence electrons. The fourth-order valence-electron chi connectivity index (χ4n) is 2.00. The van der Waals surface area contributed by atoms with E-state index < -0.39 is 11.6 Å². The van der Waals surface area contributed by atoms with E-state index in [1.807, 2.05) is 31.7 Å². The number of hydrogen-bond acceptors (Lipinski definition) is 3. The number of aryl methyl sites for hydroxylation is 1. The molecule has 5 heteroatoms. The maximum absolute atomic E-state index is 11.2. The van der Waals surface area contributed by atoms with Gasteiger partial charge >= 0.3 is 5.97 Å². The number of aromatic carboxylic acids is 1. The molecule has 0 bridgehead atoms. The van der Waals surface area contributed by atoms with Crippen LogP contribution in [0.4, 0.5) is 0 Å². The Kier molecular flexibility index (Phi) is 3.29. The van der Waals surface area contributed by atoms with Gasteiger partial charge in [0.2, 0.25) is 0 Å². The van der Waals surface area contributed by atoms with Crippen LogP contribution in [0.3, 0.4) is 0 Å². The van der Waals surface area contributed by atoms with E-state index >= 15 is 0 Å². The van der Waals surface area contributed by atoms with Gasteiger partial charge in [0.25, 0.3) is 0 Å². The normalized spacial score (nSPS) is 11.3. The van der Waals surface area contributed by atoms with Gasteiger partial charge < -0.3 is 14.4 Å². The fraction of sp³-hybridized carbons (Fsp3) is 0.286. The second-order valence-corrected chi connectivity index (χ2v) is 4.78. The SMILES string of the molecule is Cn1ccnc1C(C)(C)Oc1ccccc1C(=O)O. The molecule has 0 atom stereocenters. The van der Waals surface area contributed by atoms with Gasteiger partial charge in [-0.25, -0.2) is 9.78 Å². The zero-order chi connectivity index (χ0) is 14.0. The van der Waals surface area contributed by atoms with Crippen LogP contribution in [-0.4, -0.2) is 20.6 Å². The molecule has 2 rings (SSSR count). The topological polar surface area (TPSA) is 64.4 Å². The van der Waals surface area contributed by atoms with Crippen molar-refractivity contribution in [1.82, 2.24) is 9.55 Å². The van der Waals surface area contributed by atoms with Gasteiger partial charge in [-0.05, 0) is 26.0 Å². The number of benzene rings is 1. The first-order chi connectivity index (χ1) is 8.92. The van der Waals surface area contributed by atoms with Crippen molar-refractivity contribution in [1.29, 1.82) is 0 Å². The number of imidazole rings is 1. The summed E-state index contributed by atoms with van der Waals surface area (Å²) in [5, 5.41) is 9.15. The molecule has 1 N–H and O–H groups in total. The van der Waals surface area contributed by atoms with Crippen LogP contribution in [0.2, 0.25) is 0 Å². The highest BCUT2D eigenvalue weighted by molar-refractivity contribution is 5.90. The first-order valence-electron chi connectivity index (χ1n) is 5.91. The molecule has 0 radical (unpaired) electrons. The molecule has 2 aromatic rings. The molecule has 0 amide bonds. The quantitative estimate of drug-likeness (QED) is 0.917. The summed E-state index contributed by atoms with van der Waals surface area (Å²) in [6, 6.07) is 6.58. The van der Waals surface area contributed by atoms with Crippen molar-refractivity contribution < 1.29 is 14.6 Å². The molecule has 0 saturated heterocycles. The van der Waals surface area contributed by atoms with E-state index in [4.69, 9.17) is 9.84 Å². The van der Waals surface area contributed by atoms with Crippen molar-refractivity contribution in [2.24, 2.45) is 7.05 Å². The molecule has 0 fully saturated rings. The Morgan fingerprint density at radius 1 is 1.37 bits per heavy atom. The van der Waals surface area contributed by atoms with Crippen molar-refractivity contribution in [2.75, 3.05) is 0 Å². The Labute approximate surface area is 111 Å². The van der Waals surface area contributed by atoms with Crippen LogP contribution >= 0.6 is 0 Å². The maximum atomic E-state index is 11.2. The molecule has 5 nitrogen and oxygen atoms in total. The number of rotatable bonds is 4. The number of para-hydroxylation sites is 1. The summed E-state index contributed by atoms with van der Waals surface area (Å²) >= 11 is 0. The molecule has 19 heavy (non-hydrogen) atoms. The maximum Gasteiger partial charge on any atom is 0.339 e. The monoisotopic (exact) mass is 260 g/mol.